The Hall–Kier alpha value is -1.38. The standard InChI is InChI=1S/C14H21NO2/c1-10-5-4-6-12(10)15-13-8-7-11(16-2)9-14(13)17-3/h7-10,12,15H,4-6H2,1-3H3. The van der Waals surface area contributed by atoms with Crippen molar-refractivity contribution in [3.63, 3.8) is 0 Å². The van der Waals surface area contributed by atoms with E-state index in [-0.39, 0.29) is 0 Å². The molecule has 1 fully saturated rings. The van der Waals surface area contributed by atoms with Gasteiger partial charge in [-0.1, -0.05) is 13.3 Å². The van der Waals surface area contributed by atoms with Gasteiger partial charge in [0.1, 0.15) is 11.5 Å². The summed E-state index contributed by atoms with van der Waals surface area (Å²) in [5, 5.41) is 3.58. The molecule has 0 spiro atoms. The fourth-order valence-electron chi connectivity index (χ4n) is 2.48. The summed E-state index contributed by atoms with van der Waals surface area (Å²) in [7, 11) is 3.36. The fraction of sp³-hybridized carbons (Fsp3) is 0.571. The van der Waals surface area contributed by atoms with E-state index < -0.39 is 0 Å². The van der Waals surface area contributed by atoms with Gasteiger partial charge in [-0.25, -0.2) is 0 Å². The number of hydrogen-bond donors (Lipinski definition) is 1. The summed E-state index contributed by atoms with van der Waals surface area (Å²) in [6.07, 6.45) is 3.88. The number of nitrogens with one attached hydrogen (secondary N) is 1. The van der Waals surface area contributed by atoms with Crippen LogP contribution in [0.2, 0.25) is 0 Å². The second kappa shape index (κ2) is 5.30. The van der Waals surface area contributed by atoms with E-state index in [9.17, 15) is 0 Å². The summed E-state index contributed by atoms with van der Waals surface area (Å²) in [6, 6.07) is 6.48. The molecule has 0 aliphatic heterocycles. The molecule has 0 aromatic heterocycles. The Morgan fingerprint density at radius 1 is 1.18 bits per heavy atom. The van der Waals surface area contributed by atoms with Gasteiger partial charge >= 0.3 is 0 Å². The van der Waals surface area contributed by atoms with Crippen LogP contribution >= 0.6 is 0 Å². The number of methoxy groups -OCH3 is 2. The number of ether oxygens (including phenoxy) is 2. The van der Waals surface area contributed by atoms with E-state index >= 15 is 0 Å². The smallest absolute Gasteiger partial charge is 0.145 e. The Bertz CT molecular complexity index is 378. The van der Waals surface area contributed by atoms with Gasteiger partial charge in [-0.05, 0) is 30.9 Å². The van der Waals surface area contributed by atoms with Crippen LogP contribution in [0.4, 0.5) is 5.69 Å². The zero-order valence-corrected chi connectivity index (χ0v) is 10.8. The largest absolute Gasteiger partial charge is 0.497 e. The Morgan fingerprint density at radius 2 is 2.00 bits per heavy atom. The molecular formula is C14H21NO2. The molecule has 0 amide bonds. The van der Waals surface area contributed by atoms with Crippen molar-refractivity contribution < 1.29 is 9.47 Å². The summed E-state index contributed by atoms with van der Waals surface area (Å²) in [6.45, 7) is 2.31. The Morgan fingerprint density at radius 3 is 2.59 bits per heavy atom. The highest BCUT2D eigenvalue weighted by molar-refractivity contribution is 5.59. The van der Waals surface area contributed by atoms with Gasteiger partial charge in [-0.15, -0.1) is 0 Å². The molecule has 0 saturated heterocycles. The Balaban J connectivity index is 2.14. The third-order valence-electron chi connectivity index (χ3n) is 3.61. The highest BCUT2D eigenvalue weighted by atomic mass is 16.5. The van der Waals surface area contributed by atoms with Crippen LogP contribution < -0.4 is 14.8 Å². The monoisotopic (exact) mass is 235 g/mol. The molecule has 2 atom stereocenters. The molecule has 0 bridgehead atoms. The average Bonchev–Trinajstić information content (AvgIpc) is 2.75. The number of benzene rings is 1. The third-order valence-corrected chi connectivity index (χ3v) is 3.61. The maximum absolute atomic E-state index is 5.39. The lowest BCUT2D eigenvalue weighted by atomic mass is 10.1. The van der Waals surface area contributed by atoms with E-state index in [1.54, 1.807) is 14.2 Å². The van der Waals surface area contributed by atoms with Crippen LogP contribution in [-0.4, -0.2) is 20.3 Å². The van der Waals surface area contributed by atoms with Crippen molar-refractivity contribution in [1.82, 2.24) is 0 Å². The fourth-order valence-corrected chi connectivity index (χ4v) is 2.48. The summed E-state index contributed by atoms with van der Waals surface area (Å²) >= 11 is 0. The van der Waals surface area contributed by atoms with E-state index in [2.05, 4.69) is 12.2 Å². The highest BCUT2D eigenvalue weighted by Crippen LogP contribution is 2.33. The summed E-state index contributed by atoms with van der Waals surface area (Å²) in [5.41, 5.74) is 1.06. The Kier molecular flexibility index (Phi) is 3.77. The van der Waals surface area contributed by atoms with Crippen LogP contribution in [0.25, 0.3) is 0 Å². The lowest BCUT2D eigenvalue weighted by Crippen LogP contribution is -2.22. The van der Waals surface area contributed by atoms with Gasteiger partial charge < -0.3 is 14.8 Å². The molecule has 1 aliphatic rings. The molecule has 1 aromatic rings. The first-order chi connectivity index (χ1) is 8.24. The topological polar surface area (TPSA) is 30.5 Å². The molecule has 3 heteroatoms. The van der Waals surface area contributed by atoms with Crippen LogP contribution in [-0.2, 0) is 0 Å². The maximum Gasteiger partial charge on any atom is 0.145 e. The lowest BCUT2D eigenvalue weighted by Gasteiger charge is -2.20. The van der Waals surface area contributed by atoms with E-state index in [4.69, 9.17) is 9.47 Å². The first kappa shape index (κ1) is 12.1. The summed E-state index contributed by atoms with van der Waals surface area (Å²) in [5.74, 6) is 2.41. The van der Waals surface area contributed by atoms with Crippen molar-refractivity contribution in [3.05, 3.63) is 18.2 Å². The first-order valence-electron chi connectivity index (χ1n) is 6.23. The van der Waals surface area contributed by atoms with Crippen molar-refractivity contribution in [3.8, 4) is 11.5 Å². The highest BCUT2D eigenvalue weighted by Gasteiger charge is 2.23. The molecule has 17 heavy (non-hydrogen) atoms. The van der Waals surface area contributed by atoms with Crippen LogP contribution in [0, 0.1) is 5.92 Å². The maximum atomic E-state index is 5.39. The van der Waals surface area contributed by atoms with Gasteiger partial charge in [0.2, 0.25) is 0 Å². The molecule has 0 heterocycles. The van der Waals surface area contributed by atoms with Gasteiger partial charge in [0.05, 0.1) is 19.9 Å². The van der Waals surface area contributed by atoms with Gasteiger partial charge in [0, 0.05) is 12.1 Å². The normalized spacial score (nSPS) is 23.5. The van der Waals surface area contributed by atoms with E-state index in [1.165, 1.54) is 19.3 Å². The van der Waals surface area contributed by atoms with Crippen molar-refractivity contribution in [2.24, 2.45) is 5.92 Å². The second-order valence-corrected chi connectivity index (χ2v) is 4.73. The molecule has 1 aromatic carbocycles. The molecule has 1 aliphatic carbocycles. The number of anilines is 1. The van der Waals surface area contributed by atoms with Gasteiger partial charge in [-0.2, -0.15) is 0 Å². The van der Waals surface area contributed by atoms with Crippen molar-refractivity contribution in [1.29, 1.82) is 0 Å². The van der Waals surface area contributed by atoms with E-state index in [0.717, 1.165) is 23.1 Å². The quantitative estimate of drug-likeness (QED) is 0.868. The first-order valence-corrected chi connectivity index (χ1v) is 6.23. The summed E-state index contributed by atoms with van der Waals surface area (Å²) < 4.78 is 10.6. The SMILES string of the molecule is COc1ccc(NC2CCCC2C)c(OC)c1. The second-order valence-electron chi connectivity index (χ2n) is 4.73. The molecule has 1 N–H and O–H groups in total. The van der Waals surface area contributed by atoms with E-state index in [0.29, 0.717) is 6.04 Å². The van der Waals surface area contributed by atoms with E-state index in [1.807, 2.05) is 18.2 Å². The Labute approximate surface area is 103 Å². The predicted octanol–water partition coefficient (Wildman–Crippen LogP) is 3.30. The number of rotatable bonds is 4. The van der Waals surface area contributed by atoms with Crippen molar-refractivity contribution in [2.75, 3.05) is 19.5 Å². The van der Waals surface area contributed by atoms with Crippen molar-refractivity contribution >= 4 is 5.69 Å². The molecule has 2 rings (SSSR count). The van der Waals surface area contributed by atoms with Crippen LogP contribution in [0.15, 0.2) is 18.2 Å². The van der Waals surface area contributed by atoms with Crippen LogP contribution in [0.5, 0.6) is 11.5 Å². The molecule has 1 saturated carbocycles. The minimum absolute atomic E-state index is 0.567. The van der Waals surface area contributed by atoms with Crippen molar-refractivity contribution in [2.45, 2.75) is 32.2 Å². The predicted molar refractivity (Wildman–Crippen MR) is 70.0 cm³/mol. The third kappa shape index (κ3) is 2.65. The summed E-state index contributed by atoms with van der Waals surface area (Å²) in [4.78, 5) is 0. The lowest BCUT2D eigenvalue weighted by molar-refractivity contribution is 0.394. The molecular weight excluding hydrogens is 214 g/mol. The molecule has 0 radical (unpaired) electrons. The van der Waals surface area contributed by atoms with Gasteiger partial charge in [-0.3, -0.25) is 0 Å². The molecule has 3 nitrogen and oxygen atoms in total. The number of hydrogen-bond acceptors (Lipinski definition) is 3. The van der Waals surface area contributed by atoms with Gasteiger partial charge in [0.25, 0.3) is 0 Å². The zero-order chi connectivity index (χ0) is 12.3. The zero-order valence-electron chi connectivity index (χ0n) is 10.8. The van der Waals surface area contributed by atoms with Gasteiger partial charge in [0.15, 0.2) is 0 Å². The minimum atomic E-state index is 0.567. The average molecular weight is 235 g/mol. The van der Waals surface area contributed by atoms with Crippen LogP contribution in [0.1, 0.15) is 26.2 Å². The molecule has 94 valence electrons. The van der Waals surface area contributed by atoms with Crippen LogP contribution in [0.3, 0.4) is 0 Å². The minimum Gasteiger partial charge on any atom is -0.497 e. The molecule has 2 unspecified atom stereocenters.